The van der Waals surface area contributed by atoms with Crippen molar-refractivity contribution in [2.45, 2.75) is 56.3 Å². The Bertz CT molecular complexity index is 509. The maximum Gasteiger partial charge on any atom is 0.253 e. The van der Waals surface area contributed by atoms with E-state index in [0.29, 0.717) is 4.21 Å². The second kappa shape index (κ2) is 5.23. The molecular formula is C12H18BrNO2S2. The lowest BCUT2D eigenvalue weighted by Crippen LogP contribution is -2.47. The highest BCUT2D eigenvalue weighted by Gasteiger charge is 2.36. The van der Waals surface area contributed by atoms with E-state index >= 15 is 0 Å². The first-order chi connectivity index (χ1) is 8.34. The van der Waals surface area contributed by atoms with Crippen LogP contribution in [0.1, 0.15) is 38.7 Å². The van der Waals surface area contributed by atoms with Crippen molar-refractivity contribution >= 4 is 37.3 Å². The third-order valence-corrected chi connectivity index (χ3v) is 8.19. The Labute approximate surface area is 121 Å². The maximum atomic E-state index is 12.7. The number of aryl methyl sites for hydroxylation is 1. The highest BCUT2D eigenvalue weighted by molar-refractivity contribution is 9.11. The second-order valence-corrected chi connectivity index (χ2v) is 9.43. The van der Waals surface area contributed by atoms with Crippen molar-refractivity contribution < 1.29 is 8.42 Å². The van der Waals surface area contributed by atoms with E-state index in [-0.39, 0.29) is 12.1 Å². The molecule has 6 heteroatoms. The van der Waals surface area contributed by atoms with Crippen LogP contribution >= 0.6 is 27.3 Å². The van der Waals surface area contributed by atoms with Gasteiger partial charge in [-0.3, -0.25) is 0 Å². The van der Waals surface area contributed by atoms with Gasteiger partial charge >= 0.3 is 0 Å². The minimum absolute atomic E-state index is 0.0972. The van der Waals surface area contributed by atoms with Crippen molar-refractivity contribution in [2.24, 2.45) is 0 Å². The molecule has 1 aromatic heterocycles. The molecule has 0 N–H and O–H groups in total. The zero-order valence-electron chi connectivity index (χ0n) is 10.8. The standard InChI is InChI=1S/C12H18BrNO2S2/c1-8-7-11(17-12(8)13)18(15,16)14-9(2)5-4-6-10(14)3/h7,9-10H,4-6H2,1-3H3. The Balaban J connectivity index is 2.41. The molecule has 0 aromatic carbocycles. The van der Waals surface area contributed by atoms with E-state index in [1.807, 2.05) is 20.8 Å². The maximum absolute atomic E-state index is 12.7. The molecule has 1 saturated heterocycles. The number of piperidine rings is 1. The summed E-state index contributed by atoms with van der Waals surface area (Å²) in [5.74, 6) is 0. The summed E-state index contributed by atoms with van der Waals surface area (Å²) < 4.78 is 28.4. The molecule has 2 rings (SSSR count). The molecule has 18 heavy (non-hydrogen) atoms. The first-order valence-corrected chi connectivity index (χ1v) is 9.18. The normalized spacial score (nSPS) is 26.4. The highest BCUT2D eigenvalue weighted by Crippen LogP contribution is 2.36. The number of hydrogen-bond acceptors (Lipinski definition) is 3. The molecule has 1 aromatic rings. The van der Waals surface area contributed by atoms with Crippen LogP contribution in [0.5, 0.6) is 0 Å². The summed E-state index contributed by atoms with van der Waals surface area (Å²) >= 11 is 4.70. The van der Waals surface area contributed by atoms with Gasteiger partial charge in [-0.2, -0.15) is 4.31 Å². The summed E-state index contributed by atoms with van der Waals surface area (Å²) in [5.41, 5.74) is 0.982. The van der Waals surface area contributed by atoms with Crippen LogP contribution in [0.3, 0.4) is 0 Å². The van der Waals surface area contributed by atoms with Crippen molar-refractivity contribution in [1.29, 1.82) is 0 Å². The summed E-state index contributed by atoms with van der Waals surface area (Å²) in [6, 6.07) is 1.96. The zero-order chi connectivity index (χ0) is 13.5. The molecule has 2 atom stereocenters. The second-order valence-electron chi connectivity index (χ2n) is 4.99. The fraction of sp³-hybridized carbons (Fsp3) is 0.667. The van der Waals surface area contributed by atoms with Crippen molar-refractivity contribution in [3.63, 3.8) is 0 Å². The van der Waals surface area contributed by atoms with Crippen molar-refractivity contribution in [2.75, 3.05) is 0 Å². The number of halogens is 1. The Morgan fingerprint density at radius 2 is 1.89 bits per heavy atom. The molecule has 102 valence electrons. The van der Waals surface area contributed by atoms with Crippen LogP contribution in [0.15, 0.2) is 14.1 Å². The van der Waals surface area contributed by atoms with Crippen LogP contribution in [0.25, 0.3) is 0 Å². The molecule has 2 unspecified atom stereocenters. The minimum atomic E-state index is -3.34. The molecule has 1 fully saturated rings. The van der Waals surface area contributed by atoms with Gasteiger partial charge in [0.05, 0.1) is 3.79 Å². The summed E-state index contributed by atoms with van der Waals surface area (Å²) in [4.78, 5) is 0. The molecular weight excluding hydrogens is 334 g/mol. The van der Waals surface area contributed by atoms with Gasteiger partial charge < -0.3 is 0 Å². The fourth-order valence-electron chi connectivity index (χ4n) is 2.53. The lowest BCUT2D eigenvalue weighted by molar-refractivity contribution is 0.204. The quantitative estimate of drug-likeness (QED) is 0.813. The first-order valence-electron chi connectivity index (χ1n) is 6.13. The van der Waals surface area contributed by atoms with Gasteiger partial charge in [0.15, 0.2) is 0 Å². The van der Waals surface area contributed by atoms with Gasteiger partial charge in [0.1, 0.15) is 4.21 Å². The molecule has 0 aliphatic carbocycles. The summed E-state index contributed by atoms with van der Waals surface area (Å²) in [6.07, 6.45) is 3.02. The third-order valence-electron chi connectivity index (χ3n) is 3.48. The monoisotopic (exact) mass is 351 g/mol. The SMILES string of the molecule is Cc1cc(S(=O)(=O)N2C(C)CCCC2C)sc1Br. The lowest BCUT2D eigenvalue weighted by Gasteiger charge is -2.37. The summed E-state index contributed by atoms with van der Waals surface area (Å²) in [7, 11) is -3.34. The largest absolute Gasteiger partial charge is 0.253 e. The molecule has 1 aliphatic rings. The van der Waals surface area contributed by atoms with Crippen LogP contribution in [-0.4, -0.2) is 24.8 Å². The number of thiophene rings is 1. The average Bonchev–Trinajstić information content (AvgIpc) is 2.59. The van der Waals surface area contributed by atoms with E-state index in [1.165, 1.54) is 11.3 Å². The topological polar surface area (TPSA) is 37.4 Å². The summed E-state index contributed by atoms with van der Waals surface area (Å²) in [6.45, 7) is 5.92. The molecule has 1 aliphatic heterocycles. The summed E-state index contributed by atoms with van der Waals surface area (Å²) in [5, 5.41) is 0. The third kappa shape index (κ3) is 2.53. The predicted molar refractivity (Wildman–Crippen MR) is 78.6 cm³/mol. The zero-order valence-corrected chi connectivity index (χ0v) is 14.0. The van der Waals surface area contributed by atoms with E-state index in [0.717, 1.165) is 28.6 Å². The Hall–Kier alpha value is 0.0900. The Kier molecular flexibility index (Phi) is 4.21. The Morgan fingerprint density at radius 1 is 1.33 bits per heavy atom. The van der Waals surface area contributed by atoms with Gasteiger partial charge in [0.2, 0.25) is 0 Å². The van der Waals surface area contributed by atoms with Gasteiger partial charge in [-0.15, -0.1) is 11.3 Å². The van der Waals surface area contributed by atoms with E-state index in [4.69, 9.17) is 0 Å². The lowest BCUT2D eigenvalue weighted by atomic mass is 10.0. The highest BCUT2D eigenvalue weighted by atomic mass is 79.9. The van der Waals surface area contributed by atoms with Gasteiger partial charge in [-0.05, 0) is 61.2 Å². The fourth-order valence-corrected chi connectivity index (χ4v) is 6.75. The first kappa shape index (κ1) is 14.5. The van der Waals surface area contributed by atoms with Crippen LogP contribution in [0.4, 0.5) is 0 Å². The van der Waals surface area contributed by atoms with Crippen LogP contribution in [-0.2, 0) is 10.0 Å². The van der Waals surface area contributed by atoms with Crippen molar-refractivity contribution in [3.8, 4) is 0 Å². The van der Waals surface area contributed by atoms with Crippen LogP contribution < -0.4 is 0 Å². The van der Waals surface area contributed by atoms with Gasteiger partial charge in [0.25, 0.3) is 10.0 Å². The van der Waals surface area contributed by atoms with Crippen molar-refractivity contribution in [3.05, 3.63) is 15.4 Å². The van der Waals surface area contributed by atoms with E-state index < -0.39 is 10.0 Å². The smallest absolute Gasteiger partial charge is 0.206 e. The van der Waals surface area contributed by atoms with Crippen LogP contribution in [0.2, 0.25) is 0 Å². The van der Waals surface area contributed by atoms with Gasteiger partial charge in [0, 0.05) is 12.1 Å². The molecule has 2 heterocycles. The molecule has 0 bridgehead atoms. The number of sulfonamides is 1. The van der Waals surface area contributed by atoms with Gasteiger partial charge in [-0.1, -0.05) is 6.42 Å². The molecule has 3 nitrogen and oxygen atoms in total. The number of rotatable bonds is 2. The molecule has 0 amide bonds. The Morgan fingerprint density at radius 3 is 2.33 bits per heavy atom. The molecule has 0 saturated carbocycles. The van der Waals surface area contributed by atoms with Crippen LogP contribution in [0, 0.1) is 6.92 Å². The minimum Gasteiger partial charge on any atom is -0.206 e. The molecule has 0 radical (unpaired) electrons. The molecule has 0 spiro atoms. The van der Waals surface area contributed by atoms with E-state index in [2.05, 4.69) is 15.9 Å². The van der Waals surface area contributed by atoms with Gasteiger partial charge in [-0.25, -0.2) is 8.42 Å². The van der Waals surface area contributed by atoms with Crippen molar-refractivity contribution in [1.82, 2.24) is 4.31 Å². The average molecular weight is 352 g/mol. The van der Waals surface area contributed by atoms with E-state index in [1.54, 1.807) is 10.4 Å². The van der Waals surface area contributed by atoms with E-state index in [9.17, 15) is 8.42 Å². The number of hydrogen-bond donors (Lipinski definition) is 0. The number of nitrogens with zero attached hydrogens (tertiary/aromatic N) is 1. The predicted octanol–water partition coefficient (Wildman–Crippen LogP) is 3.77.